The van der Waals surface area contributed by atoms with Crippen molar-refractivity contribution in [3.63, 3.8) is 0 Å². The number of carbonyl (C=O) groups excluding carboxylic acids is 1. The quantitative estimate of drug-likeness (QED) is 0.806. The number of nitrogens with one attached hydrogen (secondary N) is 1. The van der Waals surface area contributed by atoms with E-state index in [1.165, 1.54) is 0 Å². The Balaban J connectivity index is 1.96. The highest BCUT2D eigenvalue weighted by molar-refractivity contribution is 5.92. The van der Waals surface area contributed by atoms with Gasteiger partial charge in [-0.15, -0.1) is 0 Å². The third kappa shape index (κ3) is 4.85. The van der Waals surface area contributed by atoms with Gasteiger partial charge in [-0.25, -0.2) is 0 Å². The summed E-state index contributed by atoms with van der Waals surface area (Å²) in [6.45, 7) is 6.71. The molecule has 1 heterocycles. The molecule has 5 heteroatoms. The van der Waals surface area contributed by atoms with Crippen LogP contribution in [0.5, 0.6) is 5.75 Å². The van der Waals surface area contributed by atoms with Crippen LogP contribution >= 0.6 is 0 Å². The van der Waals surface area contributed by atoms with Crippen molar-refractivity contribution < 1.29 is 9.53 Å². The number of amides is 1. The van der Waals surface area contributed by atoms with Gasteiger partial charge in [-0.05, 0) is 43.5 Å². The third-order valence-corrected chi connectivity index (χ3v) is 3.91. The summed E-state index contributed by atoms with van der Waals surface area (Å²) in [6, 6.07) is 9.70. The van der Waals surface area contributed by atoms with Crippen LogP contribution in [0.1, 0.15) is 55.4 Å². The maximum absolute atomic E-state index is 12.3. The standard InChI is InChI=1S/C19H27N3O2/c1-5-8-14(3)24-17-10-7-9-15(11-17)13-20-19(23)18-12-16(6-2)21-22(18)4/h7,9-12,14H,5-6,8,13H2,1-4H3,(H,20,23). The van der Waals surface area contributed by atoms with Crippen LogP contribution in [-0.4, -0.2) is 21.8 Å². The predicted molar refractivity (Wildman–Crippen MR) is 95.2 cm³/mol. The first-order valence-corrected chi connectivity index (χ1v) is 8.60. The van der Waals surface area contributed by atoms with E-state index in [2.05, 4.69) is 24.3 Å². The van der Waals surface area contributed by atoms with Crippen molar-refractivity contribution in [3.05, 3.63) is 47.3 Å². The maximum Gasteiger partial charge on any atom is 0.269 e. The van der Waals surface area contributed by atoms with E-state index in [-0.39, 0.29) is 12.0 Å². The van der Waals surface area contributed by atoms with E-state index >= 15 is 0 Å². The summed E-state index contributed by atoms with van der Waals surface area (Å²) >= 11 is 0. The zero-order valence-electron chi connectivity index (χ0n) is 15.0. The Bertz CT molecular complexity index is 679. The summed E-state index contributed by atoms with van der Waals surface area (Å²) in [7, 11) is 1.79. The van der Waals surface area contributed by atoms with Gasteiger partial charge >= 0.3 is 0 Å². The van der Waals surface area contributed by atoms with Crippen LogP contribution in [-0.2, 0) is 20.0 Å². The molecule has 0 fully saturated rings. The number of hydrogen-bond donors (Lipinski definition) is 1. The zero-order chi connectivity index (χ0) is 17.5. The van der Waals surface area contributed by atoms with Crippen molar-refractivity contribution in [3.8, 4) is 5.75 Å². The van der Waals surface area contributed by atoms with E-state index in [1.54, 1.807) is 11.7 Å². The molecule has 1 atom stereocenters. The molecule has 0 aliphatic rings. The van der Waals surface area contributed by atoms with E-state index in [0.717, 1.165) is 36.3 Å². The van der Waals surface area contributed by atoms with E-state index < -0.39 is 0 Å². The first-order chi connectivity index (χ1) is 11.5. The van der Waals surface area contributed by atoms with Crippen molar-refractivity contribution in [1.29, 1.82) is 0 Å². The summed E-state index contributed by atoms with van der Waals surface area (Å²) in [5, 5.41) is 7.25. The Morgan fingerprint density at radius 1 is 1.33 bits per heavy atom. The van der Waals surface area contributed by atoms with Crippen LogP contribution in [0.3, 0.4) is 0 Å². The molecular formula is C19H27N3O2. The van der Waals surface area contributed by atoms with Crippen LogP contribution in [0.15, 0.2) is 30.3 Å². The molecule has 2 rings (SSSR count). The summed E-state index contributed by atoms with van der Waals surface area (Å²) in [4.78, 5) is 12.3. The molecule has 1 amide bonds. The van der Waals surface area contributed by atoms with Crippen LogP contribution in [0, 0.1) is 0 Å². The van der Waals surface area contributed by atoms with Gasteiger partial charge in [0, 0.05) is 13.6 Å². The van der Waals surface area contributed by atoms with Gasteiger partial charge in [0.2, 0.25) is 0 Å². The van der Waals surface area contributed by atoms with E-state index in [1.807, 2.05) is 37.3 Å². The SMILES string of the molecule is CCCC(C)Oc1cccc(CNC(=O)c2cc(CC)nn2C)c1. The maximum atomic E-state index is 12.3. The van der Waals surface area contributed by atoms with Crippen molar-refractivity contribution in [2.45, 2.75) is 52.7 Å². The third-order valence-electron chi connectivity index (χ3n) is 3.91. The molecule has 0 saturated heterocycles. The van der Waals surface area contributed by atoms with E-state index in [4.69, 9.17) is 4.74 Å². The van der Waals surface area contributed by atoms with Crippen LogP contribution in [0.4, 0.5) is 0 Å². The summed E-state index contributed by atoms with van der Waals surface area (Å²) in [6.07, 6.45) is 3.14. The Labute approximate surface area is 144 Å². The Morgan fingerprint density at radius 3 is 2.79 bits per heavy atom. The molecule has 1 aromatic heterocycles. The lowest BCUT2D eigenvalue weighted by molar-refractivity contribution is 0.0941. The Hall–Kier alpha value is -2.30. The molecule has 1 unspecified atom stereocenters. The van der Waals surface area contributed by atoms with Crippen LogP contribution in [0.2, 0.25) is 0 Å². The predicted octanol–water partition coefficient (Wildman–Crippen LogP) is 3.48. The van der Waals surface area contributed by atoms with Gasteiger partial charge in [0.15, 0.2) is 0 Å². The monoisotopic (exact) mass is 329 g/mol. The highest BCUT2D eigenvalue weighted by Gasteiger charge is 2.12. The average molecular weight is 329 g/mol. The fourth-order valence-electron chi connectivity index (χ4n) is 2.61. The number of nitrogens with zero attached hydrogens (tertiary/aromatic N) is 2. The van der Waals surface area contributed by atoms with Crippen LogP contribution < -0.4 is 10.1 Å². The molecule has 24 heavy (non-hydrogen) atoms. The number of ether oxygens (including phenoxy) is 1. The minimum Gasteiger partial charge on any atom is -0.491 e. The average Bonchev–Trinajstić information content (AvgIpc) is 2.94. The molecular weight excluding hydrogens is 302 g/mol. The van der Waals surface area contributed by atoms with Crippen molar-refractivity contribution >= 4 is 5.91 Å². The number of rotatable bonds is 8. The summed E-state index contributed by atoms with van der Waals surface area (Å²) in [5.74, 6) is 0.729. The Morgan fingerprint density at radius 2 is 2.12 bits per heavy atom. The van der Waals surface area contributed by atoms with Gasteiger partial charge in [-0.2, -0.15) is 5.10 Å². The molecule has 0 aliphatic carbocycles. The fraction of sp³-hybridized carbons (Fsp3) is 0.474. The largest absolute Gasteiger partial charge is 0.491 e. The number of hydrogen-bond acceptors (Lipinski definition) is 3. The van der Waals surface area contributed by atoms with E-state index in [9.17, 15) is 4.79 Å². The molecule has 0 aliphatic heterocycles. The Kier molecular flexibility index (Phi) is 6.41. The number of benzene rings is 1. The molecule has 5 nitrogen and oxygen atoms in total. The van der Waals surface area contributed by atoms with Gasteiger partial charge in [0.25, 0.3) is 5.91 Å². The molecule has 2 aromatic rings. The van der Waals surface area contributed by atoms with Gasteiger partial charge in [-0.3, -0.25) is 9.48 Å². The molecule has 0 spiro atoms. The first kappa shape index (κ1) is 18.0. The molecule has 0 bridgehead atoms. The van der Waals surface area contributed by atoms with E-state index in [0.29, 0.717) is 12.2 Å². The lowest BCUT2D eigenvalue weighted by atomic mass is 10.2. The summed E-state index contributed by atoms with van der Waals surface area (Å²) < 4.78 is 7.52. The van der Waals surface area contributed by atoms with Gasteiger partial charge in [0.1, 0.15) is 11.4 Å². The molecule has 0 radical (unpaired) electrons. The smallest absolute Gasteiger partial charge is 0.269 e. The molecule has 1 N–H and O–H groups in total. The number of aryl methyl sites for hydroxylation is 2. The van der Waals surface area contributed by atoms with Gasteiger partial charge < -0.3 is 10.1 Å². The first-order valence-electron chi connectivity index (χ1n) is 8.60. The highest BCUT2D eigenvalue weighted by Crippen LogP contribution is 2.16. The number of carbonyl (C=O) groups is 1. The van der Waals surface area contributed by atoms with Crippen molar-refractivity contribution in [1.82, 2.24) is 15.1 Å². The second kappa shape index (κ2) is 8.52. The zero-order valence-corrected chi connectivity index (χ0v) is 15.0. The minimum absolute atomic E-state index is 0.115. The molecule has 0 saturated carbocycles. The second-order valence-electron chi connectivity index (χ2n) is 6.05. The lowest BCUT2D eigenvalue weighted by Gasteiger charge is -2.14. The van der Waals surface area contributed by atoms with Crippen molar-refractivity contribution in [2.24, 2.45) is 7.05 Å². The number of aromatic nitrogens is 2. The topological polar surface area (TPSA) is 56.1 Å². The fourth-order valence-corrected chi connectivity index (χ4v) is 2.61. The summed E-state index contributed by atoms with van der Waals surface area (Å²) in [5.41, 5.74) is 2.52. The van der Waals surface area contributed by atoms with Gasteiger partial charge in [0.05, 0.1) is 11.8 Å². The normalized spacial score (nSPS) is 12.0. The van der Waals surface area contributed by atoms with Crippen molar-refractivity contribution in [2.75, 3.05) is 0 Å². The minimum atomic E-state index is -0.115. The molecule has 1 aromatic carbocycles. The second-order valence-corrected chi connectivity index (χ2v) is 6.05. The van der Waals surface area contributed by atoms with Crippen LogP contribution in [0.25, 0.3) is 0 Å². The lowest BCUT2D eigenvalue weighted by Crippen LogP contribution is -2.25. The highest BCUT2D eigenvalue weighted by atomic mass is 16.5. The van der Waals surface area contributed by atoms with Gasteiger partial charge in [-0.1, -0.05) is 32.4 Å². The molecule has 130 valence electrons.